The highest BCUT2D eigenvalue weighted by Gasteiger charge is 2.41. The standard InChI is InChI=1S/C21H15ClFN3O/c22-15-3-6-20-17(11-15)19-12-18(13-1-4-16(23)5-2-13)25-26(19)21(27-20)14-7-9-24-10-8-14/h1-11,19,21H,12H2/t19-,21+/m0/s1. The van der Waals surface area contributed by atoms with E-state index in [0.29, 0.717) is 11.4 Å². The first-order valence-electron chi connectivity index (χ1n) is 8.67. The van der Waals surface area contributed by atoms with E-state index >= 15 is 0 Å². The van der Waals surface area contributed by atoms with Gasteiger partial charge in [-0.3, -0.25) is 4.98 Å². The van der Waals surface area contributed by atoms with Gasteiger partial charge in [-0.1, -0.05) is 23.7 Å². The second-order valence-corrected chi connectivity index (χ2v) is 7.02. The molecule has 2 atom stereocenters. The van der Waals surface area contributed by atoms with E-state index in [9.17, 15) is 4.39 Å². The minimum atomic E-state index is -0.357. The van der Waals surface area contributed by atoms with Crippen molar-refractivity contribution in [3.63, 3.8) is 0 Å². The van der Waals surface area contributed by atoms with E-state index in [1.54, 1.807) is 24.5 Å². The van der Waals surface area contributed by atoms with Crippen LogP contribution >= 0.6 is 11.6 Å². The Bertz CT molecular complexity index is 1020. The maximum Gasteiger partial charge on any atom is 0.213 e. The first kappa shape index (κ1) is 16.3. The van der Waals surface area contributed by atoms with Crippen molar-refractivity contribution in [3.05, 3.63) is 94.5 Å². The van der Waals surface area contributed by atoms with Gasteiger partial charge in [-0.25, -0.2) is 9.40 Å². The van der Waals surface area contributed by atoms with E-state index in [2.05, 4.69) is 4.98 Å². The van der Waals surface area contributed by atoms with Crippen molar-refractivity contribution in [2.24, 2.45) is 5.10 Å². The van der Waals surface area contributed by atoms with Gasteiger partial charge in [0.1, 0.15) is 11.6 Å². The number of benzene rings is 2. The molecule has 0 spiro atoms. The second kappa shape index (κ2) is 6.35. The number of hydrogen-bond donors (Lipinski definition) is 0. The number of fused-ring (bicyclic) bond motifs is 3. The van der Waals surface area contributed by atoms with Crippen LogP contribution in [0.25, 0.3) is 0 Å². The van der Waals surface area contributed by atoms with Gasteiger partial charge < -0.3 is 4.74 Å². The van der Waals surface area contributed by atoms with Crippen molar-refractivity contribution in [1.29, 1.82) is 0 Å². The van der Waals surface area contributed by atoms with Gasteiger partial charge in [0.15, 0.2) is 0 Å². The lowest BCUT2D eigenvalue weighted by atomic mass is 9.96. The molecule has 6 heteroatoms. The van der Waals surface area contributed by atoms with E-state index in [1.807, 2.05) is 35.3 Å². The monoisotopic (exact) mass is 379 g/mol. The third-order valence-corrected chi connectivity index (χ3v) is 5.16. The molecule has 4 nitrogen and oxygen atoms in total. The van der Waals surface area contributed by atoms with E-state index in [1.165, 1.54) is 12.1 Å². The quantitative estimate of drug-likeness (QED) is 0.620. The topological polar surface area (TPSA) is 37.7 Å². The number of nitrogens with zero attached hydrogens (tertiary/aromatic N) is 3. The van der Waals surface area contributed by atoms with Crippen LogP contribution in [0, 0.1) is 5.82 Å². The number of halogens is 2. The average Bonchev–Trinajstić information content (AvgIpc) is 3.14. The molecule has 0 amide bonds. The van der Waals surface area contributed by atoms with Crippen LogP contribution in [-0.4, -0.2) is 15.7 Å². The normalized spacial score (nSPS) is 20.5. The van der Waals surface area contributed by atoms with Gasteiger partial charge in [-0.2, -0.15) is 5.10 Å². The Balaban J connectivity index is 1.60. The molecule has 2 aliphatic heterocycles. The van der Waals surface area contributed by atoms with Gasteiger partial charge in [0, 0.05) is 35.0 Å². The first-order valence-corrected chi connectivity index (χ1v) is 9.04. The highest BCUT2D eigenvalue weighted by molar-refractivity contribution is 6.30. The van der Waals surface area contributed by atoms with Crippen molar-refractivity contribution in [1.82, 2.24) is 9.99 Å². The average molecular weight is 380 g/mol. The maximum atomic E-state index is 13.3. The third-order valence-electron chi connectivity index (χ3n) is 4.92. The van der Waals surface area contributed by atoms with Crippen molar-refractivity contribution < 1.29 is 9.13 Å². The van der Waals surface area contributed by atoms with Gasteiger partial charge in [0.2, 0.25) is 6.23 Å². The van der Waals surface area contributed by atoms with Crippen LogP contribution in [0.5, 0.6) is 5.75 Å². The Hall–Kier alpha value is -2.92. The van der Waals surface area contributed by atoms with Gasteiger partial charge in [-0.05, 0) is 48.0 Å². The Morgan fingerprint density at radius 3 is 2.59 bits per heavy atom. The predicted molar refractivity (Wildman–Crippen MR) is 101 cm³/mol. The van der Waals surface area contributed by atoms with Crippen LogP contribution in [0.3, 0.4) is 0 Å². The van der Waals surface area contributed by atoms with Gasteiger partial charge >= 0.3 is 0 Å². The van der Waals surface area contributed by atoms with Crippen LogP contribution < -0.4 is 4.74 Å². The molecular formula is C21H15ClFN3O. The molecule has 5 rings (SSSR count). The van der Waals surface area contributed by atoms with Gasteiger partial charge in [0.05, 0.1) is 11.8 Å². The van der Waals surface area contributed by atoms with E-state index in [0.717, 1.165) is 28.2 Å². The smallest absolute Gasteiger partial charge is 0.213 e. The largest absolute Gasteiger partial charge is 0.464 e. The lowest BCUT2D eigenvalue weighted by Crippen LogP contribution is -2.33. The SMILES string of the molecule is Fc1ccc(C2=NN3[C@@H](c4ccncc4)Oc4ccc(Cl)cc4[C@@H]3C2)cc1. The summed E-state index contributed by atoms with van der Waals surface area (Å²) in [6, 6.07) is 15.9. The fourth-order valence-corrected chi connectivity index (χ4v) is 3.80. The molecular weight excluding hydrogens is 365 g/mol. The van der Waals surface area contributed by atoms with Gasteiger partial charge in [0.25, 0.3) is 0 Å². The summed E-state index contributed by atoms with van der Waals surface area (Å²) in [5.74, 6) is 0.545. The van der Waals surface area contributed by atoms with Crippen LogP contribution in [0.4, 0.5) is 4.39 Å². The predicted octanol–water partition coefficient (Wildman–Crippen LogP) is 5.12. The zero-order valence-corrected chi connectivity index (χ0v) is 15.0. The van der Waals surface area contributed by atoms with Gasteiger partial charge in [-0.15, -0.1) is 0 Å². The Labute approximate surface area is 160 Å². The minimum Gasteiger partial charge on any atom is -0.464 e. The van der Waals surface area contributed by atoms with Crippen LogP contribution in [0.2, 0.25) is 5.02 Å². The molecule has 0 saturated heterocycles. The molecule has 0 N–H and O–H groups in total. The Morgan fingerprint density at radius 2 is 1.81 bits per heavy atom. The molecule has 0 radical (unpaired) electrons. The molecule has 1 aromatic heterocycles. The molecule has 0 saturated carbocycles. The second-order valence-electron chi connectivity index (χ2n) is 6.59. The number of hydrogen-bond acceptors (Lipinski definition) is 4. The molecule has 27 heavy (non-hydrogen) atoms. The molecule has 0 bridgehead atoms. The molecule has 134 valence electrons. The Kier molecular flexibility index (Phi) is 3.83. The van der Waals surface area contributed by atoms with Crippen molar-refractivity contribution in [2.75, 3.05) is 0 Å². The number of ether oxygens (including phenoxy) is 1. The maximum absolute atomic E-state index is 13.3. The Morgan fingerprint density at radius 1 is 1.04 bits per heavy atom. The van der Waals surface area contributed by atoms with Crippen LogP contribution in [0.15, 0.2) is 72.1 Å². The minimum absolute atomic E-state index is 0.00525. The number of pyridine rings is 1. The summed E-state index contributed by atoms with van der Waals surface area (Å²) in [5.41, 5.74) is 3.78. The van der Waals surface area contributed by atoms with E-state index in [-0.39, 0.29) is 18.1 Å². The number of aromatic nitrogens is 1. The van der Waals surface area contributed by atoms with Crippen molar-refractivity contribution >= 4 is 17.3 Å². The summed E-state index contributed by atoms with van der Waals surface area (Å²) in [6.45, 7) is 0. The third kappa shape index (κ3) is 2.84. The van der Waals surface area contributed by atoms with Crippen LogP contribution in [0.1, 0.15) is 35.4 Å². The van der Waals surface area contributed by atoms with Crippen LogP contribution in [-0.2, 0) is 0 Å². The number of rotatable bonds is 2. The molecule has 0 aliphatic carbocycles. The molecule has 2 aliphatic rings. The van der Waals surface area contributed by atoms with Crippen molar-refractivity contribution in [2.45, 2.75) is 18.7 Å². The zero-order chi connectivity index (χ0) is 18.4. The van der Waals surface area contributed by atoms with E-state index in [4.69, 9.17) is 21.4 Å². The summed E-state index contributed by atoms with van der Waals surface area (Å²) in [5, 5.41) is 7.46. The summed E-state index contributed by atoms with van der Waals surface area (Å²) in [6.07, 6.45) is 3.83. The van der Waals surface area contributed by atoms with Crippen molar-refractivity contribution in [3.8, 4) is 5.75 Å². The summed E-state index contributed by atoms with van der Waals surface area (Å²) >= 11 is 6.23. The molecule has 2 aromatic carbocycles. The molecule has 0 unspecified atom stereocenters. The fourth-order valence-electron chi connectivity index (χ4n) is 3.62. The molecule has 0 fully saturated rings. The summed E-state index contributed by atoms with van der Waals surface area (Å²) < 4.78 is 19.6. The highest BCUT2D eigenvalue weighted by atomic mass is 35.5. The highest BCUT2D eigenvalue weighted by Crippen LogP contribution is 2.48. The zero-order valence-electron chi connectivity index (χ0n) is 14.2. The first-order chi connectivity index (χ1) is 13.2. The fraction of sp³-hybridized carbons (Fsp3) is 0.143. The molecule has 3 heterocycles. The lowest BCUT2D eigenvalue weighted by Gasteiger charge is -2.38. The molecule has 3 aromatic rings. The van der Waals surface area contributed by atoms with E-state index < -0.39 is 0 Å². The number of hydrazone groups is 1. The summed E-state index contributed by atoms with van der Waals surface area (Å²) in [7, 11) is 0. The lowest BCUT2D eigenvalue weighted by molar-refractivity contribution is -0.0190. The summed E-state index contributed by atoms with van der Waals surface area (Å²) in [4.78, 5) is 4.09.